The Balaban J connectivity index is 2.65. The van der Waals surface area contributed by atoms with Crippen LogP contribution < -0.4 is 5.56 Å². The molecular weight excluding hydrogens is 258 g/mol. The Kier molecular flexibility index (Phi) is 3.35. The second-order valence-corrected chi connectivity index (χ2v) is 5.03. The Labute approximate surface area is 105 Å². The zero-order chi connectivity index (χ0) is 12.4. The first-order chi connectivity index (χ1) is 8.13. The van der Waals surface area contributed by atoms with Crippen molar-refractivity contribution >= 4 is 29.1 Å². The zero-order valence-corrected chi connectivity index (χ0v) is 10.5. The van der Waals surface area contributed by atoms with Gasteiger partial charge in [-0.05, 0) is 23.8 Å². The number of H-pyrrole nitrogens is 1. The number of aromatic amines is 1. The van der Waals surface area contributed by atoms with Crippen molar-refractivity contribution in [3.8, 4) is 10.6 Å². The van der Waals surface area contributed by atoms with Crippen LogP contribution >= 0.6 is 23.1 Å². The van der Waals surface area contributed by atoms with Crippen LogP contribution in [0.2, 0.25) is 0 Å². The van der Waals surface area contributed by atoms with Crippen molar-refractivity contribution in [3.05, 3.63) is 39.5 Å². The second kappa shape index (κ2) is 4.77. The summed E-state index contributed by atoms with van der Waals surface area (Å²) in [5, 5.41) is 10.9. The van der Waals surface area contributed by atoms with Crippen molar-refractivity contribution in [2.75, 3.05) is 6.26 Å². The predicted octanol–water partition coefficient (Wildman–Crippen LogP) is 2.52. The third-order valence-electron chi connectivity index (χ3n) is 2.22. The lowest BCUT2D eigenvalue weighted by molar-refractivity contribution is 0.0691. The first-order valence-corrected chi connectivity index (χ1v) is 6.82. The fourth-order valence-electron chi connectivity index (χ4n) is 1.46. The summed E-state index contributed by atoms with van der Waals surface area (Å²) in [5.74, 6) is -1.20. The molecule has 0 saturated heterocycles. The molecule has 0 aliphatic carbocycles. The Morgan fingerprint density at radius 1 is 1.53 bits per heavy atom. The number of hydrogen-bond donors (Lipinski definition) is 2. The van der Waals surface area contributed by atoms with Crippen molar-refractivity contribution in [2.45, 2.75) is 4.90 Å². The summed E-state index contributed by atoms with van der Waals surface area (Å²) in [4.78, 5) is 26.7. The minimum absolute atomic E-state index is 0.196. The Morgan fingerprint density at radius 3 is 2.82 bits per heavy atom. The standard InChI is InChI=1S/C11H9NO3S2/c1-16-8-5-6(7-3-2-4-17-7)12-10(13)9(8)11(14)15/h2-5H,1H3,(H,12,13)(H,14,15). The molecule has 2 N–H and O–H groups in total. The smallest absolute Gasteiger partial charge is 0.342 e. The molecule has 0 bridgehead atoms. The minimum atomic E-state index is -1.20. The van der Waals surface area contributed by atoms with Crippen molar-refractivity contribution in [1.82, 2.24) is 4.98 Å². The summed E-state index contributed by atoms with van der Waals surface area (Å²) < 4.78 is 0. The average Bonchev–Trinajstić information content (AvgIpc) is 2.80. The molecule has 4 nitrogen and oxygen atoms in total. The van der Waals surface area contributed by atoms with Gasteiger partial charge in [0.2, 0.25) is 0 Å². The third-order valence-corrected chi connectivity index (χ3v) is 3.88. The van der Waals surface area contributed by atoms with E-state index in [0.717, 1.165) is 4.88 Å². The molecule has 0 unspecified atom stereocenters. The summed E-state index contributed by atoms with van der Waals surface area (Å²) in [5.41, 5.74) is -0.107. The molecule has 0 radical (unpaired) electrons. The lowest BCUT2D eigenvalue weighted by Gasteiger charge is -2.04. The van der Waals surface area contributed by atoms with E-state index in [0.29, 0.717) is 10.6 Å². The van der Waals surface area contributed by atoms with Crippen molar-refractivity contribution < 1.29 is 9.90 Å². The van der Waals surface area contributed by atoms with E-state index in [1.807, 2.05) is 17.5 Å². The summed E-state index contributed by atoms with van der Waals surface area (Å²) in [7, 11) is 0. The van der Waals surface area contributed by atoms with E-state index in [1.165, 1.54) is 23.1 Å². The molecule has 0 aliphatic rings. The van der Waals surface area contributed by atoms with Crippen molar-refractivity contribution in [2.24, 2.45) is 0 Å². The number of hydrogen-bond acceptors (Lipinski definition) is 4. The molecule has 2 aromatic heterocycles. The van der Waals surface area contributed by atoms with Crippen LogP contribution in [0.25, 0.3) is 10.6 Å². The fourth-order valence-corrected chi connectivity index (χ4v) is 2.78. The second-order valence-electron chi connectivity index (χ2n) is 3.24. The summed E-state index contributed by atoms with van der Waals surface area (Å²) in [6.45, 7) is 0. The van der Waals surface area contributed by atoms with Crippen LogP contribution in [0.4, 0.5) is 0 Å². The van der Waals surface area contributed by atoms with Crippen LogP contribution in [0.1, 0.15) is 10.4 Å². The van der Waals surface area contributed by atoms with Crippen LogP contribution in [0, 0.1) is 0 Å². The quantitative estimate of drug-likeness (QED) is 0.838. The van der Waals surface area contributed by atoms with Gasteiger partial charge in [-0.15, -0.1) is 23.1 Å². The van der Waals surface area contributed by atoms with Gasteiger partial charge in [-0.25, -0.2) is 4.79 Å². The summed E-state index contributed by atoms with van der Waals surface area (Å²) in [6, 6.07) is 5.45. The van der Waals surface area contributed by atoms with E-state index in [2.05, 4.69) is 4.98 Å². The number of thiophene rings is 1. The van der Waals surface area contributed by atoms with Crippen LogP contribution in [-0.2, 0) is 0 Å². The maximum absolute atomic E-state index is 11.7. The Bertz CT molecular complexity index is 602. The highest BCUT2D eigenvalue weighted by Crippen LogP contribution is 2.26. The summed E-state index contributed by atoms with van der Waals surface area (Å²) >= 11 is 2.74. The monoisotopic (exact) mass is 267 g/mol. The number of pyridine rings is 1. The SMILES string of the molecule is CSc1cc(-c2cccs2)[nH]c(=O)c1C(=O)O. The van der Waals surface area contributed by atoms with Gasteiger partial charge in [0.1, 0.15) is 5.56 Å². The Hall–Kier alpha value is -1.53. The van der Waals surface area contributed by atoms with Gasteiger partial charge in [0, 0.05) is 4.90 Å². The number of aromatic nitrogens is 1. The number of carbonyl (C=O) groups is 1. The van der Waals surface area contributed by atoms with E-state index in [-0.39, 0.29) is 5.56 Å². The summed E-state index contributed by atoms with van der Waals surface area (Å²) in [6.07, 6.45) is 1.75. The first kappa shape index (κ1) is 11.9. The molecule has 0 aromatic carbocycles. The molecule has 2 aromatic rings. The molecule has 0 atom stereocenters. The molecule has 6 heteroatoms. The Morgan fingerprint density at radius 2 is 2.29 bits per heavy atom. The van der Waals surface area contributed by atoms with Gasteiger partial charge >= 0.3 is 5.97 Å². The zero-order valence-electron chi connectivity index (χ0n) is 8.89. The van der Waals surface area contributed by atoms with Gasteiger partial charge in [-0.3, -0.25) is 4.79 Å². The lowest BCUT2D eigenvalue weighted by Crippen LogP contribution is -2.19. The molecule has 17 heavy (non-hydrogen) atoms. The molecular formula is C11H9NO3S2. The molecule has 0 saturated carbocycles. The van der Waals surface area contributed by atoms with Crippen molar-refractivity contribution in [3.63, 3.8) is 0 Å². The average molecular weight is 267 g/mol. The number of thioether (sulfide) groups is 1. The van der Waals surface area contributed by atoms with Crippen LogP contribution in [0.15, 0.2) is 33.3 Å². The highest BCUT2D eigenvalue weighted by molar-refractivity contribution is 7.98. The van der Waals surface area contributed by atoms with Gasteiger partial charge in [0.15, 0.2) is 0 Å². The van der Waals surface area contributed by atoms with E-state index in [1.54, 1.807) is 12.3 Å². The lowest BCUT2D eigenvalue weighted by atomic mass is 10.2. The molecule has 2 rings (SSSR count). The maximum Gasteiger partial charge on any atom is 0.342 e. The van der Waals surface area contributed by atoms with Gasteiger partial charge in [-0.1, -0.05) is 6.07 Å². The van der Waals surface area contributed by atoms with Crippen LogP contribution in [0.3, 0.4) is 0 Å². The number of aromatic carboxylic acids is 1. The molecule has 0 aliphatic heterocycles. The molecule has 0 amide bonds. The number of rotatable bonds is 3. The van der Waals surface area contributed by atoms with Crippen LogP contribution in [-0.4, -0.2) is 22.3 Å². The normalized spacial score (nSPS) is 10.4. The molecule has 0 spiro atoms. The van der Waals surface area contributed by atoms with Crippen LogP contribution in [0.5, 0.6) is 0 Å². The fraction of sp³-hybridized carbons (Fsp3) is 0.0909. The van der Waals surface area contributed by atoms with Gasteiger partial charge in [0.25, 0.3) is 5.56 Å². The van der Waals surface area contributed by atoms with E-state index < -0.39 is 11.5 Å². The highest BCUT2D eigenvalue weighted by atomic mass is 32.2. The minimum Gasteiger partial charge on any atom is -0.477 e. The highest BCUT2D eigenvalue weighted by Gasteiger charge is 2.16. The largest absolute Gasteiger partial charge is 0.477 e. The van der Waals surface area contributed by atoms with Gasteiger partial charge in [0.05, 0.1) is 10.6 Å². The van der Waals surface area contributed by atoms with Gasteiger partial charge in [-0.2, -0.15) is 0 Å². The van der Waals surface area contributed by atoms with Gasteiger partial charge < -0.3 is 10.1 Å². The number of carboxylic acids is 1. The molecule has 2 heterocycles. The molecule has 88 valence electrons. The first-order valence-electron chi connectivity index (χ1n) is 4.72. The van der Waals surface area contributed by atoms with E-state index >= 15 is 0 Å². The maximum atomic E-state index is 11.7. The van der Waals surface area contributed by atoms with E-state index in [9.17, 15) is 9.59 Å². The molecule has 0 fully saturated rings. The third kappa shape index (κ3) is 2.27. The van der Waals surface area contributed by atoms with E-state index in [4.69, 9.17) is 5.11 Å². The number of nitrogens with one attached hydrogen (secondary N) is 1. The topological polar surface area (TPSA) is 70.2 Å². The number of carboxylic acid groups (broad SMARTS) is 1. The predicted molar refractivity (Wildman–Crippen MR) is 69.1 cm³/mol. The van der Waals surface area contributed by atoms with Crippen molar-refractivity contribution in [1.29, 1.82) is 0 Å².